The normalized spacial score (nSPS) is 11.8. The average Bonchev–Trinajstić information content (AvgIpc) is 3.35. The third-order valence-electron chi connectivity index (χ3n) is 5.97. The first-order valence-electron chi connectivity index (χ1n) is 11.9. The van der Waals surface area contributed by atoms with Crippen LogP contribution in [0.25, 0.3) is 11.1 Å². The van der Waals surface area contributed by atoms with Gasteiger partial charge in [-0.25, -0.2) is 4.98 Å². The maximum Gasteiger partial charge on any atom is 0.268 e. The summed E-state index contributed by atoms with van der Waals surface area (Å²) >= 11 is 0. The Balaban J connectivity index is 1.23. The third-order valence-corrected chi connectivity index (χ3v) is 5.97. The second-order valence-electron chi connectivity index (χ2n) is 8.64. The summed E-state index contributed by atoms with van der Waals surface area (Å²) in [7, 11) is 0. The van der Waals surface area contributed by atoms with Crippen molar-refractivity contribution >= 4 is 5.91 Å². The highest BCUT2D eigenvalue weighted by Gasteiger charge is 2.10. The average molecular weight is 470 g/mol. The number of para-hydroxylation sites is 1. The SMILES string of the molecule is NC(=O)c1cn(C[C@@H](O)CCCc2ccccc2OCCc2ccc(-c3ccccc3)cc2)cn1. The second kappa shape index (κ2) is 12.0. The molecule has 0 aliphatic carbocycles. The third kappa shape index (κ3) is 7.04. The van der Waals surface area contributed by atoms with Crippen molar-refractivity contribution in [2.75, 3.05) is 6.61 Å². The zero-order valence-electron chi connectivity index (χ0n) is 19.7. The molecule has 0 bridgehead atoms. The number of aliphatic hydroxyl groups is 1. The number of ether oxygens (including phenoxy) is 1. The van der Waals surface area contributed by atoms with E-state index in [9.17, 15) is 9.90 Å². The van der Waals surface area contributed by atoms with Gasteiger partial charge in [-0.1, -0.05) is 72.8 Å². The lowest BCUT2D eigenvalue weighted by Gasteiger charge is -2.14. The number of hydrogen-bond acceptors (Lipinski definition) is 4. The van der Waals surface area contributed by atoms with Crippen molar-refractivity contribution in [3.63, 3.8) is 0 Å². The molecule has 6 heteroatoms. The summed E-state index contributed by atoms with van der Waals surface area (Å²) in [5.74, 6) is 0.322. The highest BCUT2D eigenvalue weighted by Crippen LogP contribution is 2.22. The predicted molar refractivity (Wildman–Crippen MR) is 137 cm³/mol. The summed E-state index contributed by atoms with van der Waals surface area (Å²) in [6, 6.07) is 27.1. The van der Waals surface area contributed by atoms with E-state index >= 15 is 0 Å². The summed E-state index contributed by atoms with van der Waals surface area (Å²) in [6.45, 7) is 0.981. The van der Waals surface area contributed by atoms with Crippen LogP contribution in [0, 0.1) is 0 Å². The van der Waals surface area contributed by atoms with Crippen molar-refractivity contribution in [2.45, 2.75) is 38.3 Å². The number of primary amides is 1. The van der Waals surface area contributed by atoms with Crippen molar-refractivity contribution in [2.24, 2.45) is 5.73 Å². The van der Waals surface area contributed by atoms with Crippen molar-refractivity contribution in [3.8, 4) is 16.9 Å². The maximum atomic E-state index is 11.2. The fourth-order valence-electron chi connectivity index (χ4n) is 4.07. The first-order chi connectivity index (χ1) is 17.1. The monoisotopic (exact) mass is 469 g/mol. The number of nitrogens with zero attached hydrogens (tertiary/aromatic N) is 2. The number of carbonyl (C=O) groups is 1. The topological polar surface area (TPSA) is 90.4 Å². The van der Waals surface area contributed by atoms with Gasteiger partial charge in [0, 0.05) is 19.2 Å². The van der Waals surface area contributed by atoms with E-state index in [1.807, 2.05) is 24.3 Å². The van der Waals surface area contributed by atoms with E-state index in [-0.39, 0.29) is 5.69 Å². The van der Waals surface area contributed by atoms with Crippen LogP contribution in [0.4, 0.5) is 0 Å². The van der Waals surface area contributed by atoms with Gasteiger partial charge in [-0.05, 0) is 47.6 Å². The van der Waals surface area contributed by atoms with Crippen LogP contribution in [0.3, 0.4) is 0 Å². The largest absolute Gasteiger partial charge is 0.493 e. The summed E-state index contributed by atoms with van der Waals surface area (Å²) in [6.07, 6.45) is 5.64. The zero-order chi connectivity index (χ0) is 24.5. The van der Waals surface area contributed by atoms with E-state index < -0.39 is 12.0 Å². The predicted octanol–water partition coefficient (Wildman–Crippen LogP) is 4.65. The van der Waals surface area contributed by atoms with Gasteiger partial charge in [0.05, 0.1) is 19.0 Å². The molecule has 0 aliphatic rings. The quantitative estimate of drug-likeness (QED) is 0.316. The number of benzene rings is 3. The highest BCUT2D eigenvalue weighted by atomic mass is 16.5. The highest BCUT2D eigenvalue weighted by molar-refractivity contribution is 5.90. The Bertz CT molecular complexity index is 1220. The first-order valence-corrected chi connectivity index (χ1v) is 11.9. The molecule has 6 nitrogen and oxygen atoms in total. The Morgan fingerprint density at radius 3 is 2.40 bits per heavy atom. The standard InChI is InChI=1S/C29H31N3O3/c30-29(34)27-20-32(21-31-27)19-26(33)11-6-10-25-9-4-5-12-28(25)35-18-17-22-13-15-24(16-14-22)23-7-2-1-3-8-23/h1-5,7-9,12-16,20-21,26,33H,6,10-11,17-19H2,(H2,30,34)/t26-/m0/s1. The van der Waals surface area contributed by atoms with Gasteiger partial charge in [-0.3, -0.25) is 4.79 Å². The molecule has 0 unspecified atom stereocenters. The van der Waals surface area contributed by atoms with Crippen LogP contribution in [-0.4, -0.2) is 33.3 Å². The molecular weight excluding hydrogens is 438 g/mol. The van der Waals surface area contributed by atoms with Crippen LogP contribution < -0.4 is 10.5 Å². The van der Waals surface area contributed by atoms with Crippen LogP contribution in [0.15, 0.2) is 91.4 Å². The minimum Gasteiger partial charge on any atom is -0.493 e. The van der Waals surface area contributed by atoms with Gasteiger partial charge in [0.1, 0.15) is 11.4 Å². The Labute approximate surface area is 206 Å². The summed E-state index contributed by atoms with van der Waals surface area (Å²) in [5, 5.41) is 10.4. The molecular formula is C29H31N3O3. The molecule has 3 aromatic carbocycles. The van der Waals surface area contributed by atoms with E-state index in [0.29, 0.717) is 19.6 Å². The van der Waals surface area contributed by atoms with E-state index in [1.54, 1.807) is 10.8 Å². The molecule has 180 valence electrons. The molecule has 1 atom stereocenters. The number of rotatable bonds is 12. The van der Waals surface area contributed by atoms with Crippen molar-refractivity contribution in [1.82, 2.24) is 9.55 Å². The number of carbonyl (C=O) groups excluding carboxylic acids is 1. The van der Waals surface area contributed by atoms with Gasteiger partial charge in [-0.15, -0.1) is 0 Å². The Hall–Kier alpha value is -3.90. The van der Waals surface area contributed by atoms with E-state index in [2.05, 4.69) is 59.6 Å². The first kappa shape index (κ1) is 24.2. The van der Waals surface area contributed by atoms with Crippen LogP contribution in [-0.2, 0) is 19.4 Å². The van der Waals surface area contributed by atoms with Gasteiger partial charge in [0.2, 0.25) is 0 Å². The van der Waals surface area contributed by atoms with Gasteiger partial charge in [-0.2, -0.15) is 0 Å². The molecule has 3 N–H and O–H groups in total. The molecule has 0 saturated carbocycles. The van der Waals surface area contributed by atoms with Crippen LogP contribution >= 0.6 is 0 Å². The Morgan fingerprint density at radius 1 is 0.943 bits per heavy atom. The smallest absolute Gasteiger partial charge is 0.268 e. The molecule has 0 spiro atoms. The Kier molecular flexibility index (Phi) is 8.30. The molecule has 0 saturated heterocycles. The van der Waals surface area contributed by atoms with E-state index in [1.165, 1.54) is 23.0 Å². The minimum atomic E-state index is -0.570. The van der Waals surface area contributed by atoms with Crippen LogP contribution in [0.1, 0.15) is 34.5 Å². The lowest BCUT2D eigenvalue weighted by molar-refractivity contribution is 0.0995. The summed E-state index contributed by atoms with van der Waals surface area (Å²) < 4.78 is 7.80. The molecule has 1 aromatic heterocycles. The Morgan fingerprint density at radius 2 is 1.66 bits per heavy atom. The molecule has 1 heterocycles. The molecule has 1 amide bonds. The molecule has 0 aliphatic heterocycles. The van der Waals surface area contributed by atoms with Gasteiger partial charge >= 0.3 is 0 Å². The number of nitrogens with two attached hydrogens (primary N) is 1. The number of aliphatic hydroxyl groups excluding tert-OH is 1. The van der Waals surface area contributed by atoms with E-state index in [0.717, 1.165) is 30.6 Å². The number of aryl methyl sites for hydroxylation is 1. The number of imidazole rings is 1. The zero-order valence-corrected chi connectivity index (χ0v) is 19.7. The fourth-order valence-corrected chi connectivity index (χ4v) is 4.07. The lowest BCUT2D eigenvalue weighted by Crippen LogP contribution is -2.15. The van der Waals surface area contributed by atoms with Gasteiger partial charge in [0.25, 0.3) is 5.91 Å². The van der Waals surface area contributed by atoms with Gasteiger partial charge < -0.3 is 20.1 Å². The van der Waals surface area contributed by atoms with Crippen LogP contribution in [0.5, 0.6) is 5.75 Å². The maximum absolute atomic E-state index is 11.2. The second-order valence-corrected chi connectivity index (χ2v) is 8.64. The summed E-state index contributed by atoms with van der Waals surface area (Å²) in [4.78, 5) is 15.1. The molecule has 4 aromatic rings. The van der Waals surface area contributed by atoms with Crippen molar-refractivity contribution in [1.29, 1.82) is 0 Å². The molecule has 35 heavy (non-hydrogen) atoms. The lowest BCUT2D eigenvalue weighted by atomic mass is 10.0. The number of hydrogen-bond donors (Lipinski definition) is 2. The number of aromatic nitrogens is 2. The van der Waals surface area contributed by atoms with Crippen molar-refractivity contribution < 1.29 is 14.6 Å². The minimum absolute atomic E-state index is 0.204. The number of amides is 1. The molecule has 0 fully saturated rings. The summed E-state index contributed by atoms with van der Waals surface area (Å²) in [5.41, 5.74) is 10.2. The van der Waals surface area contributed by atoms with Crippen LogP contribution in [0.2, 0.25) is 0 Å². The fraction of sp³-hybridized carbons (Fsp3) is 0.241. The van der Waals surface area contributed by atoms with E-state index in [4.69, 9.17) is 10.5 Å². The molecule has 4 rings (SSSR count). The van der Waals surface area contributed by atoms with Gasteiger partial charge in [0.15, 0.2) is 0 Å². The molecule has 0 radical (unpaired) electrons. The van der Waals surface area contributed by atoms with Crippen molar-refractivity contribution in [3.05, 3.63) is 108 Å².